The van der Waals surface area contributed by atoms with E-state index >= 15 is 0 Å². The van der Waals surface area contributed by atoms with Crippen molar-refractivity contribution in [1.82, 2.24) is 20.9 Å². The van der Waals surface area contributed by atoms with Crippen molar-refractivity contribution in [2.24, 2.45) is 4.99 Å². The number of hydrogen-bond acceptors (Lipinski definition) is 5. The normalized spacial score (nSPS) is 11.6. The highest BCUT2D eigenvalue weighted by atomic mass is 19.1. The van der Waals surface area contributed by atoms with Gasteiger partial charge in [0.2, 0.25) is 0 Å². The minimum absolute atomic E-state index is 0.127. The van der Waals surface area contributed by atoms with Crippen LogP contribution in [0.1, 0.15) is 26.3 Å². The van der Waals surface area contributed by atoms with Gasteiger partial charge in [0.15, 0.2) is 17.5 Å². The number of nitrogens with zero attached hydrogens (tertiary/aromatic N) is 2. The molecule has 2 rings (SSSR count). The average Bonchev–Trinajstić information content (AvgIpc) is 2.69. The molecule has 0 bridgehead atoms. The highest BCUT2D eigenvalue weighted by molar-refractivity contribution is 5.79. The Balaban J connectivity index is 1.76. The Hall–Kier alpha value is -3.36. The van der Waals surface area contributed by atoms with Crippen molar-refractivity contribution in [1.29, 1.82) is 0 Å². The summed E-state index contributed by atoms with van der Waals surface area (Å²) in [6, 6.07) is 8.15. The van der Waals surface area contributed by atoms with E-state index in [1.807, 2.05) is 0 Å². The van der Waals surface area contributed by atoms with Gasteiger partial charge in [-0.2, -0.15) is 0 Å². The van der Waals surface area contributed by atoms with Gasteiger partial charge in [-0.1, -0.05) is 6.07 Å². The second-order valence-corrected chi connectivity index (χ2v) is 7.34. The Morgan fingerprint density at radius 1 is 1.17 bits per heavy atom. The second kappa shape index (κ2) is 11.0. The summed E-state index contributed by atoms with van der Waals surface area (Å²) in [6.07, 6.45) is 2.66. The highest BCUT2D eigenvalue weighted by Gasteiger charge is 2.15. The number of halogens is 1. The molecule has 1 aromatic carbocycles. The second-order valence-electron chi connectivity index (χ2n) is 7.34. The monoisotopic (exact) mass is 417 g/mol. The van der Waals surface area contributed by atoms with Crippen LogP contribution in [0.2, 0.25) is 0 Å². The Labute approximate surface area is 175 Å². The van der Waals surface area contributed by atoms with Crippen LogP contribution in [0.3, 0.4) is 0 Å². The first-order chi connectivity index (χ1) is 14.3. The summed E-state index contributed by atoms with van der Waals surface area (Å²) in [5.41, 5.74) is 0.184. The number of carbonyl (C=O) groups is 1. The quantitative estimate of drug-likeness (QED) is 0.364. The standard InChI is InChI=1S/C21H28FN5O3/c1-21(2,3)30-20(28)26-11-10-25-19(23-4)27-13-15-7-8-18(17(22)12-15)29-16-6-5-9-24-14-16/h5-9,12,14H,10-11,13H2,1-4H3,(H,26,28)(H2,23,25,27). The van der Waals surface area contributed by atoms with E-state index in [0.29, 0.717) is 31.3 Å². The molecule has 1 aromatic heterocycles. The molecule has 0 aliphatic heterocycles. The van der Waals surface area contributed by atoms with Gasteiger partial charge in [-0.3, -0.25) is 9.98 Å². The van der Waals surface area contributed by atoms with Gasteiger partial charge in [0.1, 0.15) is 11.4 Å². The number of alkyl carbamates (subject to hydrolysis) is 1. The van der Waals surface area contributed by atoms with Gasteiger partial charge in [-0.25, -0.2) is 9.18 Å². The fourth-order valence-corrected chi connectivity index (χ4v) is 2.34. The van der Waals surface area contributed by atoms with Crippen molar-refractivity contribution in [3.8, 4) is 11.5 Å². The number of ether oxygens (including phenoxy) is 2. The van der Waals surface area contributed by atoms with E-state index in [-0.39, 0.29) is 5.75 Å². The minimum atomic E-state index is -0.539. The molecule has 0 atom stereocenters. The number of pyridine rings is 1. The third kappa shape index (κ3) is 8.34. The minimum Gasteiger partial charge on any atom is -0.453 e. The van der Waals surface area contributed by atoms with Crippen LogP contribution in [0.5, 0.6) is 11.5 Å². The third-order valence-electron chi connectivity index (χ3n) is 3.63. The number of hydrogen-bond donors (Lipinski definition) is 3. The molecule has 0 saturated heterocycles. The van der Waals surface area contributed by atoms with E-state index in [9.17, 15) is 9.18 Å². The zero-order valence-corrected chi connectivity index (χ0v) is 17.7. The van der Waals surface area contributed by atoms with Crippen molar-refractivity contribution in [3.63, 3.8) is 0 Å². The van der Waals surface area contributed by atoms with E-state index in [1.54, 1.807) is 58.3 Å². The summed E-state index contributed by atoms with van der Waals surface area (Å²) in [5.74, 6) is 0.647. The molecule has 0 fully saturated rings. The fourth-order valence-electron chi connectivity index (χ4n) is 2.34. The number of amides is 1. The average molecular weight is 417 g/mol. The molecule has 2 aromatic rings. The lowest BCUT2D eigenvalue weighted by molar-refractivity contribution is 0.0529. The summed E-state index contributed by atoms with van der Waals surface area (Å²) in [7, 11) is 1.63. The van der Waals surface area contributed by atoms with Gasteiger partial charge in [-0.05, 0) is 50.6 Å². The Kier molecular flexibility index (Phi) is 8.40. The molecule has 0 aliphatic carbocycles. The fraction of sp³-hybridized carbons (Fsp3) is 0.381. The molecule has 1 heterocycles. The van der Waals surface area contributed by atoms with Crippen LogP contribution in [-0.2, 0) is 11.3 Å². The van der Waals surface area contributed by atoms with Crippen LogP contribution >= 0.6 is 0 Å². The first-order valence-electron chi connectivity index (χ1n) is 9.54. The van der Waals surface area contributed by atoms with E-state index in [2.05, 4.69) is 25.9 Å². The van der Waals surface area contributed by atoms with Crippen molar-refractivity contribution < 1.29 is 18.7 Å². The highest BCUT2D eigenvalue weighted by Crippen LogP contribution is 2.24. The SMILES string of the molecule is CN=C(NCCNC(=O)OC(C)(C)C)NCc1ccc(Oc2cccnc2)c(F)c1. The Bertz CT molecular complexity index is 853. The largest absolute Gasteiger partial charge is 0.453 e. The van der Waals surface area contributed by atoms with Crippen LogP contribution in [0, 0.1) is 5.82 Å². The molecule has 8 nitrogen and oxygen atoms in total. The summed E-state index contributed by atoms with van der Waals surface area (Å²) in [6.45, 7) is 6.59. The molecule has 9 heteroatoms. The molecule has 162 valence electrons. The van der Waals surface area contributed by atoms with Crippen molar-refractivity contribution >= 4 is 12.1 Å². The summed E-state index contributed by atoms with van der Waals surface area (Å²) in [5, 5.41) is 8.80. The van der Waals surface area contributed by atoms with E-state index in [4.69, 9.17) is 9.47 Å². The van der Waals surface area contributed by atoms with Gasteiger partial charge < -0.3 is 25.4 Å². The first-order valence-corrected chi connectivity index (χ1v) is 9.54. The maximum atomic E-state index is 14.3. The predicted octanol–water partition coefficient (Wildman–Crippen LogP) is 3.20. The molecule has 3 N–H and O–H groups in total. The molecule has 30 heavy (non-hydrogen) atoms. The molecule has 0 aliphatic rings. The van der Waals surface area contributed by atoms with Crippen molar-refractivity contribution in [3.05, 3.63) is 54.1 Å². The maximum Gasteiger partial charge on any atom is 0.407 e. The topological polar surface area (TPSA) is 96.9 Å². The van der Waals surface area contributed by atoms with E-state index in [1.165, 1.54) is 12.3 Å². The summed E-state index contributed by atoms with van der Waals surface area (Å²) in [4.78, 5) is 19.6. The Morgan fingerprint density at radius 2 is 1.93 bits per heavy atom. The van der Waals surface area contributed by atoms with Gasteiger partial charge in [0, 0.05) is 32.9 Å². The molecule has 0 unspecified atom stereocenters. The van der Waals surface area contributed by atoms with Gasteiger partial charge in [0.05, 0.1) is 6.20 Å². The van der Waals surface area contributed by atoms with Crippen molar-refractivity contribution in [2.45, 2.75) is 32.9 Å². The molecular formula is C21H28FN5O3. The number of nitrogens with one attached hydrogen (secondary N) is 3. The lowest BCUT2D eigenvalue weighted by Gasteiger charge is -2.20. The number of aliphatic imine (C=N–C) groups is 1. The smallest absolute Gasteiger partial charge is 0.407 e. The summed E-state index contributed by atoms with van der Waals surface area (Å²) >= 11 is 0. The van der Waals surface area contributed by atoms with Crippen LogP contribution in [0.15, 0.2) is 47.7 Å². The number of rotatable bonds is 7. The van der Waals surface area contributed by atoms with Crippen LogP contribution in [-0.4, -0.2) is 42.8 Å². The molecule has 1 amide bonds. The van der Waals surface area contributed by atoms with Gasteiger partial charge >= 0.3 is 6.09 Å². The lowest BCUT2D eigenvalue weighted by Crippen LogP contribution is -2.42. The number of aromatic nitrogens is 1. The van der Waals surface area contributed by atoms with E-state index in [0.717, 1.165) is 5.56 Å². The third-order valence-corrected chi connectivity index (χ3v) is 3.63. The lowest BCUT2D eigenvalue weighted by atomic mass is 10.2. The zero-order valence-electron chi connectivity index (χ0n) is 17.7. The van der Waals surface area contributed by atoms with Gasteiger partial charge in [-0.15, -0.1) is 0 Å². The maximum absolute atomic E-state index is 14.3. The van der Waals surface area contributed by atoms with E-state index < -0.39 is 17.5 Å². The zero-order chi connectivity index (χ0) is 22.0. The number of carbonyl (C=O) groups excluding carboxylic acids is 1. The molecule has 0 radical (unpaired) electrons. The number of benzene rings is 1. The van der Waals surface area contributed by atoms with Gasteiger partial charge in [0.25, 0.3) is 0 Å². The van der Waals surface area contributed by atoms with Crippen molar-refractivity contribution in [2.75, 3.05) is 20.1 Å². The van der Waals surface area contributed by atoms with Crippen LogP contribution < -0.4 is 20.7 Å². The summed E-state index contributed by atoms with van der Waals surface area (Å²) < 4.78 is 25.0. The Morgan fingerprint density at radius 3 is 2.57 bits per heavy atom. The molecule has 0 spiro atoms. The van der Waals surface area contributed by atoms with Crippen LogP contribution in [0.4, 0.5) is 9.18 Å². The molecule has 0 saturated carbocycles. The number of guanidine groups is 1. The van der Waals surface area contributed by atoms with Crippen LogP contribution in [0.25, 0.3) is 0 Å². The first kappa shape index (κ1) is 22.9. The molecular weight excluding hydrogens is 389 g/mol. The predicted molar refractivity (Wildman–Crippen MR) is 113 cm³/mol.